The third kappa shape index (κ3) is 2.52. The van der Waals surface area contributed by atoms with Crippen LogP contribution in [0, 0.1) is 10.8 Å². The number of benzene rings is 2. The van der Waals surface area contributed by atoms with Gasteiger partial charge < -0.3 is 5.41 Å². The van der Waals surface area contributed by atoms with Crippen LogP contribution in [0.3, 0.4) is 0 Å². The first-order valence-corrected chi connectivity index (χ1v) is 7.85. The number of rotatable bonds is 2. The molecule has 2 aromatic rings. The lowest BCUT2D eigenvalue weighted by Gasteiger charge is -2.25. The molecule has 1 atom stereocenters. The van der Waals surface area contributed by atoms with E-state index in [2.05, 4.69) is 82.3 Å². The van der Waals surface area contributed by atoms with Gasteiger partial charge in [-0.1, -0.05) is 68.8 Å². The van der Waals surface area contributed by atoms with E-state index < -0.39 is 0 Å². The van der Waals surface area contributed by atoms with E-state index in [1.54, 1.807) is 0 Å². The van der Waals surface area contributed by atoms with Gasteiger partial charge in [-0.25, -0.2) is 0 Å². The molecular weight excluding hydrogens is 266 g/mol. The maximum atomic E-state index is 8.68. The Morgan fingerprint density at radius 1 is 1.05 bits per heavy atom. The Hall–Kier alpha value is -2.15. The van der Waals surface area contributed by atoms with Crippen molar-refractivity contribution in [1.29, 1.82) is 5.41 Å². The molecule has 0 aromatic heterocycles. The molecule has 0 fully saturated rings. The van der Waals surface area contributed by atoms with Crippen molar-refractivity contribution in [2.24, 2.45) is 5.41 Å². The fourth-order valence-electron chi connectivity index (χ4n) is 3.06. The molecule has 1 aliphatic carbocycles. The second kappa shape index (κ2) is 5.24. The molecule has 3 rings (SSSR count). The zero-order valence-corrected chi connectivity index (χ0v) is 13.8. The van der Waals surface area contributed by atoms with Gasteiger partial charge in [0.15, 0.2) is 0 Å². The van der Waals surface area contributed by atoms with Crippen molar-refractivity contribution in [3.8, 4) is 0 Å². The normalized spacial score (nSPS) is 17.8. The molecule has 112 valence electrons. The van der Waals surface area contributed by atoms with E-state index in [0.717, 1.165) is 5.56 Å². The molecule has 0 bridgehead atoms. The van der Waals surface area contributed by atoms with Gasteiger partial charge >= 0.3 is 0 Å². The highest BCUT2D eigenvalue weighted by atomic mass is 14.5. The summed E-state index contributed by atoms with van der Waals surface area (Å²) in [5.74, 6) is 0.294. The van der Waals surface area contributed by atoms with E-state index in [1.807, 2.05) is 0 Å². The van der Waals surface area contributed by atoms with Crippen LogP contribution in [0.5, 0.6) is 0 Å². The number of nitrogens with one attached hydrogen (secondary N) is 1. The minimum atomic E-state index is -0.156. The predicted molar refractivity (Wildman–Crippen MR) is 95.9 cm³/mol. The molecule has 1 unspecified atom stereocenters. The SMILES string of the molecule is CC1=CC=CC1c1cc2ccccc2cc1C(=N)C(C)(C)C. The summed E-state index contributed by atoms with van der Waals surface area (Å²) in [6.07, 6.45) is 6.53. The summed E-state index contributed by atoms with van der Waals surface area (Å²) in [6, 6.07) is 12.9. The summed E-state index contributed by atoms with van der Waals surface area (Å²) >= 11 is 0. The van der Waals surface area contributed by atoms with Crippen molar-refractivity contribution in [2.45, 2.75) is 33.6 Å². The van der Waals surface area contributed by atoms with Gasteiger partial charge in [-0.2, -0.15) is 0 Å². The first kappa shape index (κ1) is 14.8. The van der Waals surface area contributed by atoms with Crippen molar-refractivity contribution in [2.75, 3.05) is 0 Å². The van der Waals surface area contributed by atoms with Crippen LogP contribution in [-0.2, 0) is 0 Å². The summed E-state index contributed by atoms with van der Waals surface area (Å²) in [5.41, 5.74) is 4.23. The predicted octanol–water partition coefficient (Wildman–Crippen LogP) is 5.85. The van der Waals surface area contributed by atoms with Crippen molar-refractivity contribution in [3.63, 3.8) is 0 Å². The number of fused-ring (bicyclic) bond motifs is 1. The van der Waals surface area contributed by atoms with Crippen LogP contribution in [0.25, 0.3) is 10.8 Å². The lowest BCUT2D eigenvalue weighted by molar-refractivity contribution is 0.588. The molecule has 0 heterocycles. The highest BCUT2D eigenvalue weighted by Gasteiger charge is 2.25. The van der Waals surface area contributed by atoms with E-state index in [0.29, 0.717) is 11.6 Å². The molecule has 1 N–H and O–H groups in total. The van der Waals surface area contributed by atoms with Gasteiger partial charge in [-0.3, -0.25) is 0 Å². The Bertz CT molecular complexity index is 800. The molecule has 0 saturated heterocycles. The summed E-state index contributed by atoms with van der Waals surface area (Å²) in [5, 5.41) is 11.1. The summed E-state index contributed by atoms with van der Waals surface area (Å²) in [6.45, 7) is 8.51. The van der Waals surface area contributed by atoms with Crippen LogP contribution < -0.4 is 0 Å². The lowest BCUT2D eigenvalue weighted by Crippen LogP contribution is -2.22. The van der Waals surface area contributed by atoms with Gasteiger partial charge in [0.05, 0.1) is 0 Å². The zero-order chi connectivity index (χ0) is 15.9. The van der Waals surface area contributed by atoms with Gasteiger partial charge in [0.1, 0.15) is 0 Å². The Kier molecular flexibility index (Phi) is 3.52. The molecular formula is C21H23N. The lowest BCUT2D eigenvalue weighted by atomic mass is 9.79. The minimum Gasteiger partial charge on any atom is -0.304 e. The van der Waals surface area contributed by atoms with E-state index in [4.69, 9.17) is 5.41 Å². The van der Waals surface area contributed by atoms with Crippen molar-refractivity contribution >= 4 is 16.5 Å². The Labute approximate surface area is 132 Å². The molecule has 1 heteroatoms. The second-order valence-corrected chi connectivity index (χ2v) is 7.18. The smallest absolute Gasteiger partial charge is 0.0442 e. The highest BCUT2D eigenvalue weighted by Crippen LogP contribution is 2.36. The summed E-state index contributed by atoms with van der Waals surface area (Å²) in [4.78, 5) is 0. The third-order valence-corrected chi connectivity index (χ3v) is 4.43. The summed E-state index contributed by atoms with van der Waals surface area (Å²) < 4.78 is 0. The van der Waals surface area contributed by atoms with Crippen molar-refractivity contribution in [3.05, 3.63) is 71.3 Å². The summed E-state index contributed by atoms with van der Waals surface area (Å²) in [7, 11) is 0. The van der Waals surface area contributed by atoms with E-state index >= 15 is 0 Å². The Morgan fingerprint density at radius 2 is 1.68 bits per heavy atom. The molecule has 1 aliphatic rings. The maximum Gasteiger partial charge on any atom is 0.0442 e. The van der Waals surface area contributed by atoms with Gasteiger partial charge in [0.2, 0.25) is 0 Å². The monoisotopic (exact) mass is 289 g/mol. The third-order valence-electron chi connectivity index (χ3n) is 4.43. The van der Waals surface area contributed by atoms with Crippen LogP contribution in [0.1, 0.15) is 44.7 Å². The Morgan fingerprint density at radius 3 is 2.23 bits per heavy atom. The van der Waals surface area contributed by atoms with E-state index in [1.165, 1.54) is 21.9 Å². The largest absolute Gasteiger partial charge is 0.304 e. The molecule has 0 aliphatic heterocycles. The van der Waals surface area contributed by atoms with Gasteiger partial charge in [0.25, 0.3) is 0 Å². The quantitative estimate of drug-likeness (QED) is 0.670. The van der Waals surface area contributed by atoms with Crippen LogP contribution in [0.15, 0.2) is 60.2 Å². The van der Waals surface area contributed by atoms with Crippen LogP contribution in [-0.4, -0.2) is 5.71 Å². The molecule has 1 nitrogen and oxygen atoms in total. The van der Waals surface area contributed by atoms with Crippen molar-refractivity contribution < 1.29 is 0 Å². The molecule has 0 saturated carbocycles. The van der Waals surface area contributed by atoms with Crippen molar-refractivity contribution in [1.82, 2.24) is 0 Å². The van der Waals surface area contributed by atoms with Crippen LogP contribution in [0.4, 0.5) is 0 Å². The zero-order valence-electron chi connectivity index (χ0n) is 13.8. The van der Waals surface area contributed by atoms with Gasteiger partial charge in [-0.05, 0) is 35.4 Å². The van der Waals surface area contributed by atoms with Gasteiger partial charge in [-0.15, -0.1) is 0 Å². The molecule has 0 spiro atoms. The average molecular weight is 289 g/mol. The fraction of sp³-hybridized carbons (Fsp3) is 0.286. The molecule has 0 amide bonds. The maximum absolute atomic E-state index is 8.68. The molecule has 22 heavy (non-hydrogen) atoms. The second-order valence-electron chi connectivity index (χ2n) is 7.18. The van der Waals surface area contributed by atoms with E-state index in [-0.39, 0.29) is 5.41 Å². The number of allylic oxidation sites excluding steroid dienone is 4. The van der Waals surface area contributed by atoms with Gasteiger partial charge in [0, 0.05) is 22.6 Å². The van der Waals surface area contributed by atoms with E-state index in [9.17, 15) is 0 Å². The van der Waals surface area contributed by atoms with Crippen LogP contribution in [0.2, 0.25) is 0 Å². The molecule has 2 aromatic carbocycles. The topological polar surface area (TPSA) is 23.9 Å². The highest BCUT2D eigenvalue weighted by molar-refractivity contribution is 6.06. The average Bonchev–Trinajstić information content (AvgIpc) is 2.90. The molecule has 0 radical (unpaired) electrons. The number of hydrogen-bond donors (Lipinski definition) is 1. The Balaban J connectivity index is 2.25. The first-order valence-electron chi connectivity index (χ1n) is 7.85. The first-order chi connectivity index (χ1) is 10.4. The minimum absolute atomic E-state index is 0.156. The number of hydrogen-bond acceptors (Lipinski definition) is 1. The van der Waals surface area contributed by atoms with Crippen LogP contribution >= 0.6 is 0 Å². The standard InChI is InChI=1S/C21H23N/c1-14-8-7-11-17(14)18-12-15-9-5-6-10-16(15)13-19(18)20(22)21(2,3)4/h5-13,17,22H,1-4H3. The fourth-order valence-corrected chi connectivity index (χ4v) is 3.06.